The predicted octanol–water partition coefficient (Wildman–Crippen LogP) is 12.3. The minimum atomic E-state index is -4.84. The van der Waals surface area contributed by atoms with Gasteiger partial charge in [-0.25, -0.2) is 4.39 Å². The maximum absolute atomic E-state index is 13.9. The second-order valence-corrected chi connectivity index (χ2v) is 22.2. The molecule has 0 N–H and O–H groups in total. The minimum Gasteiger partial charge on any atom is -0.343 e. The van der Waals surface area contributed by atoms with Crippen LogP contribution >= 0.6 is 58.0 Å². The van der Waals surface area contributed by atoms with E-state index in [-0.39, 0.29) is 52.8 Å². The van der Waals surface area contributed by atoms with Crippen molar-refractivity contribution in [3.63, 3.8) is 0 Å². The largest absolute Gasteiger partial charge is 0.419 e. The van der Waals surface area contributed by atoms with Gasteiger partial charge in [0.25, 0.3) is 0 Å². The van der Waals surface area contributed by atoms with Crippen LogP contribution in [0.4, 0.5) is 17.6 Å². The summed E-state index contributed by atoms with van der Waals surface area (Å²) in [6, 6.07) is 21.2. The monoisotopic (exact) mass is 1130 g/mol. The summed E-state index contributed by atoms with van der Waals surface area (Å²) in [5.74, 6) is -1.53. The van der Waals surface area contributed by atoms with Gasteiger partial charge in [0.15, 0.2) is 0 Å². The molecule has 0 aromatic heterocycles. The van der Waals surface area contributed by atoms with Gasteiger partial charge in [-0.1, -0.05) is 88.3 Å². The average molecular weight is 1130 g/mol. The number of hydrogen-bond acceptors (Lipinski definition) is 6. The number of hydrogen-bond donors (Lipinski definition) is 0. The molecule has 4 amide bonds. The van der Waals surface area contributed by atoms with Crippen molar-refractivity contribution in [2.45, 2.75) is 108 Å². The van der Waals surface area contributed by atoms with E-state index in [9.17, 15) is 36.7 Å². The van der Waals surface area contributed by atoms with E-state index in [0.717, 1.165) is 81.7 Å². The molecule has 0 aliphatic carbocycles. The predicted molar refractivity (Wildman–Crippen MR) is 288 cm³/mol. The molecule has 2 aliphatic heterocycles. The van der Waals surface area contributed by atoms with E-state index in [1.54, 1.807) is 61.9 Å². The first-order valence-electron chi connectivity index (χ1n) is 24.6. The van der Waals surface area contributed by atoms with Crippen LogP contribution in [0.2, 0.25) is 25.1 Å². The number of piperidine rings is 2. The molecule has 4 aromatic carbocycles. The van der Waals surface area contributed by atoms with Crippen LogP contribution in [0.3, 0.4) is 0 Å². The van der Waals surface area contributed by atoms with Crippen molar-refractivity contribution >= 4 is 81.6 Å². The number of alkyl halides is 3. The highest BCUT2D eigenvalue weighted by Gasteiger charge is 2.41. The lowest BCUT2D eigenvalue weighted by Crippen LogP contribution is -2.48. The van der Waals surface area contributed by atoms with E-state index >= 15 is 0 Å². The summed E-state index contributed by atoms with van der Waals surface area (Å²) >= 11 is 31.1. The van der Waals surface area contributed by atoms with Gasteiger partial charge in [0.1, 0.15) is 5.82 Å². The van der Waals surface area contributed by atoms with Crippen LogP contribution in [0.5, 0.6) is 0 Å². The number of likely N-dealkylation sites (tertiary alicyclic amines) is 2. The normalized spacial score (nSPS) is 16.6. The Morgan fingerprint density at radius 3 is 1.34 bits per heavy atom. The Morgan fingerprint density at radius 1 is 0.568 bits per heavy atom. The zero-order valence-electron chi connectivity index (χ0n) is 43.3. The molecule has 10 nitrogen and oxygen atoms in total. The van der Waals surface area contributed by atoms with Gasteiger partial charge < -0.3 is 29.4 Å². The van der Waals surface area contributed by atoms with Crippen LogP contribution in [-0.4, -0.2) is 133 Å². The zero-order chi connectivity index (χ0) is 54.9. The van der Waals surface area contributed by atoms with Gasteiger partial charge in [-0.15, -0.1) is 0 Å². The Labute approximate surface area is 458 Å². The number of carbonyl (C=O) groups excluding carboxylic acids is 4. The standard InChI is InChI=1S/C28H33Cl2F4N3O2.C27H34Cl3N3O2/c1-18(38)36(4)21-9-12-37(13-10-21)14-11-27(2,20-6-7-23(29)24(30)16-20)26(39)35(3)17-19-5-8-25(31)22(15-19)28(32,33)34;1-19(34)32(4)23-10-13-33(14-11-23)15-12-27(2,21-8-9-24(29)25(30)17-21)26(35)31(3)18-20-6-5-7-22(28)16-20/h5-8,15-16,21H,9-14,17H2,1-4H3;5-9,16-17,23H,10-15,18H2,1-4H3. The third-order valence-electron chi connectivity index (χ3n) is 14.9. The molecule has 0 saturated carbocycles. The molecular formula is C55H67Cl5F4N6O4. The Kier molecular flexibility index (Phi) is 21.5. The molecule has 2 aliphatic rings. The fourth-order valence-corrected chi connectivity index (χ4v) is 10.6. The molecule has 0 spiro atoms. The molecule has 2 heterocycles. The fraction of sp³-hybridized carbons (Fsp3) is 0.491. The van der Waals surface area contributed by atoms with Crippen LogP contribution in [0, 0.1) is 5.82 Å². The summed E-state index contributed by atoms with van der Waals surface area (Å²) in [4.78, 5) is 62.5. The molecule has 19 heteroatoms. The van der Waals surface area contributed by atoms with Crippen LogP contribution in [0.25, 0.3) is 0 Å². The van der Waals surface area contributed by atoms with E-state index in [1.807, 2.05) is 62.3 Å². The molecule has 2 fully saturated rings. The highest BCUT2D eigenvalue weighted by molar-refractivity contribution is 6.42. The lowest BCUT2D eigenvalue weighted by atomic mass is 9.77. The first-order valence-corrected chi connectivity index (χ1v) is 26.5. The van der Waals surface area contributed by atoms with Gasteiger partial charge in [0, 0.05) is 98.4 Å². The first kappa shape index (κ1) is 60.7. The fourth-order valence-electron chi connectivity index (χ4n) is 9.82. The van der Waals surface area contributed by atoms with Crippen LogP contribution in [0.1, 0.15) is 94.0 Å². The number of carbonyl (C=O) groups is 4. The van der Waals surface area contributed by atoms with E-state index in [1.165, 1.54) is 18.0 Å². The van der Waals surface area contributed by atoms with Gasteiger partial charge in [-0.2, -0.15) is 13.2 Å². The van der Waals surface area contributed by atoms with Gasteiger partial charge in [-0.05, 0) is 136 Å². The quantitative estimate of drug-likeness (QED) is 0.104. The third-order valence-corrected chi connectivity index (χ3v) is 16.6. The molecule has 0 bridgehead atoms. The van der Waals surface area contributed by atoms with Gasteiger partial charge in [-0.3, -0.25) is 19.2 Å². The number of likely N-dealkylation sites (N-methyl/N-ethyl adjacent to an activating group) is 2. The lowest BCUT2D eigenvalue weighted by Gasteiger charge is -2.39. The second kappa shape index (κ2) is 26.3. The van der Waals surface area contributed by atoms with Crippen molar-refractivity contribution in [3.8, 4) is 0 Å². The van der Waals surface area contributed by atoms with Crippen LogP contribution in [0.15, 0.2) is 78.9 Å². The van der Waals surface area contributed by atoms with Crippen LogP contribution in [-0.2, 0) is 49.3 Å². The van der Waals surface area contributed by atoms with E-state index in [0.29, 0.717) is 51.6 Å². The summed E-state index contributed by atoms with van der Waals surface area (Å²) < 4.78 is 53.4. The molecule has 2 unspecified atom stereocenters. The number of rotatable bonds is 16. The highest BCUT2D eigenvalue weighted by atomic mass is 35.5. The number of benzene rings is 4. The highest BCUT2D eigenvalue weighted by Crippen LogP contribution is 2.38. The Bertz CT molecular complexity index is 2610. The lowest BCUT2D eigenvalue weighted by molar-refractivity contribution is -0.140. The van der Waals surface area contributed by atoms with Crippen molar-refractivity contribution in [2.24, 2.45) is 0 Å². The number of nitrogens with zero attached hydrogens (tertiary/aromatic N) is 6. The van der Waals surface area contributed by atoms with Crippen molar-refractivity contribution in [1.82, 2.24) is 29.4 Å². The molecule has 2 atom stereocenters. The van der Waals surface area contributed by atoms with E-state index in [2.05, 4.69) is 9.80 Å². The Balaban J connectivity index is 0.000000276. The van der Waals surface area contributed by atoms with Crippen molar-refractivity contribution in [2.75, 3.05) is 67.5 Å². The van der Waals surface area contributed by atoms with Gasteiger partial charge in [0.2, 0.25) is 23.6 Å². The molecular weight excluding hydrogens is 1060 g/mol. The topological polar surface area (TPSA) is 87.7 Å². The number of halogens is 9. The second-order valence-electron chi connectivity index (χ2n) is 20.1. The first-order chi connectivity index (χ1) is 34.6. The SMILES string of the molecule is CC(=O)N(C)C1CCN(CCC(C)(C(=O)N(C)Cc2ccc(F)c(C(F)(F)F)c2)c2ccc(Cl)c(Cl)c2)CC1.CC(=O)N(C)C1CCN(CCC(C)(C(=O)N(C)Cc2cccc(Cl)c2)c2ccc(Cl)c(Cl)c2)CC1. The average Bonchev–Trinajstić information content (AvgIpc) is 3.36. The zero-order valence-corrected chi connectivity index (χ0v) is 47.1. The third kappa shape index (κ3) is 15.7. The summed E-state index contributed by atoms with van der Waals surface area (Å²) in [7, 11) is 7.01. The summed E-state index contributed by atoms with van der Waals surface area (Å²) in [6.07, 6.45) is -0.289. The molecule has 4 aromatic rings. The Morgan fingerprint density at radius 2 is 0.973 bits per heavy atom. The Hall–Kier alpha value is -4.15. The van der Waals surface area contributed by atoms with Crippen LogP contribution < -0.4 is 0 Å². The number of amides is 4. The molecule has 6 rings (SSSR count). The van der Waals surface area contributed by atoms with Gasteiger partial charge >= 0.3 is 6.18 Å². The summed E-state index contributed by atoms with van der Waals surface area (Å²) in [5.41, 5.74) is -0.602. The minimum absolute atomic E-state index is 0.0158. The van der Waals surface area contributed by atoms with Crippen molar-refractivity contribution in [1.29, 1.82) is 0 Å². The molecule has 2 saturated heterocycles. The summed E-state index contributed by atoms with van der Waals surface area (Å²) in [6.45, 7) is 11.9. The maximum atomic E-state index is 13.9. The molecule has 404 valence electrons. The smallest absolute Gasteiger partial charge is 0.343 e. The maximum Gasteiger partial charge on any atom is 0.419 e. The van der Waals surface area contributed by atoms with Crippen molar-refractivity contribution in [3.05, 3.63) is 138 Å². The van der Waals surface area contributed by atoms with E-state index in [4.69, 9.17) is 58.0 Å². The molecule has 74 heavy (non-hydrogen) atoms. The van der Waals surface area contributed by atoms with Gasteiger partial charge in [0.05, 0.1) is 36.5 Å². The summed E-state index contributed by atoms with van der Waals surface area (Å²) in [5, 5.41) is 2.18. The van der Waals surface area contributed by atoms with E-state index < -0.39 is 28.4 Å². The van der Waals surface area contributed by atoms with Crippen molar-refractivity contribution < 1.29 is 36.7 Å². The molecule has 0 radical (unpaired) electrons.